The van der Waals surface area contributed by atoms with Crippen LogP contribution in [0, 0.1) is 17.2 Å². The topological polar surface area (TPSA) is 122 Å². The second kappa shape index (κ2) is 7.24. The van der Waals surface area contributed by atoms with Crippen LogP contribution < -0.4 is 28.1 Å². The fourth-order valence-corrected chi connectivity index (χ4v) is 2.77. The molecule has 2 heterocycles. The maximum atomic E-state index is 8.49. The van der Waals surface area contributed by atoms with Crippen molar-refractivity contribution in [1.82, 2.24) is 0 Å². The lowest BCUT2D eigenvalue weighted by Crippen LogP contribution is -2.68. The molecule has 0 fully saturated rings. The molecule has 0 radical (unpaired) electrons. The van der Waals surface area contributed by atoms with Crippen molar-refractivity contribution in [2.75, 3.05) is 6.79 Å². The second-order valence-corrected chi connectivity index (χ2v) is 6.56. The van der Waals surface area contributed by atoms with Crippen molar-refractivity contribution in [3.05, 3.63) is 53.2 Å². The van der Waals surface area contributed by atoms with Crippen molar-refractivity contribution in [3.63, 3.8) is 0 Å². The molecular formula is C17H12Cl2O7. The van der Waals surface area contributed by atoms with Gasteiger partial charge in [0, 0.05) is 22.5 Å². The Kier molecular flexibility index (Phi) is 5.19. The van der Waals surface area contributed by atoms with Gasteiger partial charge in [-0.15, -0.1) is 10.2 Å². The number of hydrogen-bond acceptors (Lipinski definition) is 6. The van der Waals surface area contributed by atoms with Crippen molar-refractivity contribution in [2.45, 2.75) is 6.92 Å². The molecule has 0 saturated carbocycles. The summed E-state index contributed by atoms with van der Waals surface area (Å²) in [5, 5.41) is 2.71. The Morgan fingerprint density at radius 3 is 2.31 bits per heavy atom. The third kappa shape index (κ3) is 4.53. The SMILES string of the molecule is Cc1cc2cc3c(cc2c(-c2cccc(Cl)c2)[o+]1)OCO3.[O-][Cl+3]([O-])([O-])[O-]. The molecule has 1 aliphatic rings. The van der Waals surface area contributed by atoms with E-state index in [4.69, 9.17) is 44.1 Å². The predicted molar refractivity (Wildman–Crippen MR) is 81.9 cm³/mol. The van der Waals surface area contributed by atoms with Gasteiger partial charge in [-0.05, 0) is 24.3 Å². The molecule has 0 spiro atoms. The Bertz CT molecular complexity index is 948. The largest absolute Gasteiger partial charge is 0.454 e. The highest BCUT2D eigenvalue weighted by molar-refractivity contribution is 6.30. The number of benzene rings is 2. The highest BCUT2D eigenvalue weighted by Crippen LogP contribution is 2.40. The van der Waals surface area contributed by atoms with E-state index in [0.29, 0.717) is 5.02 Å². The van der Waals surface area contributed by atoms with Gasteiger partial charge in [0.15, 0.2) is 11.5 Å². The summed E-state index contributed by atoms with van der Waals surface area (Å²) in [6.45, 7) is 2.19. The number of rotatable bonds is 1. The number of halogens is 2. The van der Waals surface area contributed by atoms with Crippen molar-refractivity contribution in [3.8, 4) is 22.8 Å². The highest BCUT2D eigenvalue weighted by Gasteiger charge is 2.23. The molecule has 7 nitrogen and oxygen atoms in total. The van der Waals surface area contributed by atoms with Gasteiger partial charge in [0.1, 0.15) is 0 Å². The van der Waals surface area contributed by atoms with Gasteiger partial charge in [0.2, 0.25) is 6.79 Å². The molecule has 26 heavy (non-hydrogen) atoms. The molecule has 2 aromatic carbocycles. The lowest BCUT2D eigenvalue weighted by atomic mass is 10.0. The summed E-state index contributed by atoms with van der Waals surface area (Å²) in [5.41, 5.74) is 0.940. The maximum Gasteiger partial charge on any atom is 0.368 e. The average Bonchev–Trinajstić information content (AvgIpc) is 2.97. The molecule has 0 saturated heterocycles. The van der Waals surface area contributed by atoms with Crippen LogP contribution in [-0.4, -0.2) is 6.79 Å². The summed E-state index contributed by atoms with van der Waals surface area (Å²) in [6.07, 6.45) is 0. The summed E-state index contributed by atoms with van der Waals surface area (Å²) in [5.74, 6) is 3.12. The van der Waals surface area contributed by atoms with Crippen LogP contribution in [-0.2, 0) is 0 Å². The second-order valence-electron chi connectivity index (χ2n) is 5.37. The first-order valence-corrected chi connectivity index (χ1v) is 8.87. The maximum absolute atomic E-state index is 8.49. The zero-order valence-corrected chi connectivity index (χ0v) is 14.9. The van der Waals surface area contributed by atoms with Crippen molar-refractivity contribution < 1.29 is 42.8 Å². The van der Waals surface area contributed by atoms with E-state index in [1.165, 1.54) is 0 Å². The lowest BCUT2D eigenvalue weighted by molar-refractivity contribution is -2.00. The van der Waals surface area contributed by atoms with E-state index in [1.54, 1.807) is 0 Å². The molecule has 136 valence electrons. The van der Waals surface area contributed by atoms with Gasteiger partial charge < -0.3 is 9.47 Å². The average molecular weight is 399 g/mol. The van der Waals surface area contributed by atoms with Gasteiger partial charge >= 0.3 is 11.5 Å². The van der Waals surface area contributed by atoms with Gasteiger partial charge in [0.05, 0.1) is 17.9 Å². The molecular weight excluding hydrogens is 387 g/mol. The number of fused-ring (bicyclic) bond motifs is 2. The van der Waals surface area contributed by atoms with Crippen LogP contribution in [0.2, 0.25) is 5.02 Å². The van der Waals surface area contributed by atoms with Crippen LogP contribution in [0.3, 0.4) is 0 Å². The van der Waals surface area contributed by atoms with E-state index in [9.17, 15) is 0 Å². The van der Waals surface area contributed by atoms with E-state index in [1.807, 2.05) is 49.4 Å². The lowest BCUT2D eigenvalue weighted by Gasteiger charge is -2.17. The molecule has 3 aromatic rings. The first-order valence-electron chi connectivity index (χ1n) is 7.25. The molecule has 1 aromatic heterocycles. The van der Waals surface area contributed by atoms with Crippen molar-refractivity contribution >= 4 is 22.4 Å². The first kappa shape index (κ1) is 18.7. The van der Waals surface area contributed by atoms with Gasteiger partial charge in [-0.1, -0.05) is 17.7 Å². The Morgan fingerprint density at radius 1 is 1.00 bits per heavy atom. The van der Waals surface area contributed by atoms with Gasteiger partial charge in [-0.25, -0.2) is 23.1 Å². The Hall–Kier alpha value is -2.13. The summed E-state index contributed by atoms with van der Waals surface area (Å²) in [6, 6.07) is 13.6. The van der Waals surface area contributed by atoms with Crippen LogP contribution in [0.4, 0.5) is 0 Å². The van der Waals surface area contributed by atoms with Crippen LogP contribution in [0.15, 0.2) is 46.9 Å². The van der Waals surface area contributed by atoms with Crippen LogP contribution in [0.5, 0.6) is 11.5 Å². The molecule has 0 amide bonds. The minimum atomic E-state index is -4.94. The quantitative estimate of drug-likeness (QED) is 0.540. The van der Waals surface area contributed by atoms with Gasteiger partial charge in [0.25, 0.3) is 0 Å². The summed E-state index contributed by atoms with van der Waals surface area (Å²) >= 11 is 6.09. The fourth-order valence-electron chi connectivity index (χ4n) is 2.58. The first-order chi connectivity index (χ1) is 12.2. The summed E-state index contributed by atoms with van der Waals surface area (Å²) < 4.78 is 50.8. The van der Waals surface area contributed by atoms with Crippen LogP contribution in [0.1, 0.15) is 5.76 Å². The minimum Gasteiger partial charge on any atom is -0.454 e. The molecule has 0 N–H and O–H groups in total. The van der Waals surface area contributed by atoms with E-state index in [0.717, 1.165) is 39.4 Å². The van der Waals surface area contributed by atoms with Crippen molar-refractivity contribution in [1.29, 1.82) is 0 Å². The summed E-state index contributed by atoms with van der Waals surface area (Å²) in [4.78, 5) is 0. The molecule has 0 unspecified atom stereocenters. The van der Waals surface area contributed by atoms with Crippen LogP contribution >= 0.6 is 11.6 Å². The normalized spacial score (nSPS) is 12.7. The van der Waals surface area contributed by atoms with E-state index in [-0.39, 0.29) is 6.79 Å². The van der Waals surface area contributed by atoms with E-state index >= 15 is 0 Å². The standard InChI is InChI=1S/C17H12ClO3.ClHO4/c1-10-5-12-7-15-16(20-9-19-15)8-14(12)17(21-10)11-3-2-4-13(18)6-11;2-1(3,4)5/h2-8H,9H2,1H3;(H,2,3,4,5)/q+1;/p-1. The van der Waals surface area contributed by atoms with E-state index in [2.05, 4.69) is 0 Å². The van der Waals surface area contributed by atoms with Crippen molar-refractivity contribution in [2.24, 2.45) is 0 Å². The fraction of sp³-hybridized carbons (Fsp3) is 0.118. The highest BCUT2D eigenvalue weighted by atomic mass is 35.7. The third-order valence-corrected chi connectivity index (χ3v) is 3.73. The molecule has 1 aliphatic heterocycles. The van der Waals surface area contributed by atoms with Gasteiger partial charge in [-0.2, -0.15) is 0 Å². The Labute approximate surface area is 155 Å². The number of ether oxygens (including phenoxy) is 2. The Balaban J connectivity index is 0.000000349. The zero-order valence-electron chi connectivity index (χ0n) is 13.4. The molecule has 0 bridgehead atoms. The smallest absolute Gasteiger partial charge is 0.368 e. The van der Waals surface area contributed by atoms with Crippen LogP contribution in [0.25, 0.3) is 22.1 Å². The zero-order chi connectivity index (χ0) is 18.9. The predicted octanol–water partition coefficient (Wildman–Crippen LogP) is 0.315. The minimum absolute atomic E-state index is 0.258. The molecule has 4 rings (SSSR count). The molecule has 0 aliphatic carbocycles. The number of aryl methyl sites for hydroxylation is 1. The van der Waals surface area contributed by atoms with E-state index < -0.39 is 10.2 Å². The molecule has 0 atom stereocenters. The third-order valence-electron chi connectivity index (χ3n) is 3.50. The summed E-state index contributed by atoms with van der Waals surface area (Å²) in [7, 11) is -4.94. The molecule has 9 heteroatoms. The Morgan fingerprint density at radius 2 is 1.65 bits per heavy atom. The number of hydrogen-bond donors (Lipinski definition) is 0. The van der Waals surface area contributed by atoms with Gasteiger partial charge in [-0.3, -0.25) is 0 Å². The monoisotopic (exact) mass is 398 g/mol.